The molecule has 16 heavy (non-hydrogen) atoms. The number of amidine groups is 1. The van der Waals surface area contributed by atoms with Crippen molar-refractivity contribution < 1.29 is 9.94 Å². The molecular weight excluding hydrogens is 206 g/mol. The van der Waals surface area contributed by atoms with Crippen LogP contribution in [0.2, 0.25) is 0 Å². The number of rotatable bonds is 6. The maximum absolute atomic E-state index is 8.55. The molecule has 2 fully saturated rings. The van der Waals surface area contributed by atoms with Gasteiger partial charge in [0.2, 0.25) is 0 Å². The average molecular weight is 227 g/mol. The Kier molecular flexibility index (Phi) is 3.66. The molecule has 0 spiro atoms. The SMILES string of the molecule is NC(CC1(CNCC2CCCO2)CC1)=NO. The van der Waals surface area contributed by atoms with E-state index >= 15 is 0 Å². The molecule has 5 heteroatoms. The quantitative estimate of drug-likeness (QED) is 0.270. The Bertz CT molecular complexity index is 258. The van der Waals surface area contributed by atoms with Crippen LogP contribution >= 0.6 is 0 Å². The van der Waals surface area contributed by atoms with Gasteiger partial charge in [0, 0.05) is 26.1 Å². The van der Waals surface area contributed by atoms with Crippen LogP contribution in [0, 0.1) is 5.41 Å². The zero-order chi connectivity index (χ0) is 11.4. The summed E-state index contributed by atoms with van der Waals surface area (Å²) in [6.07, 6.45) is 5.77. The minimum atomic E-state index is 0.245. The predicted octanol–water partition coefficient (Wildman–Crippen LogP) is 0.672. The van der Waals surface area contributed by atoms with Gasteiger partial charge in [-0.1, -0.05) is 5.16 Å². The lowest BCUT2D eigenvalue weighted by atomic mass is 10.0. The van der Waals surface area contributed by atoms with E-state index in [1.807, 2.05) is 0 Å². The van der Waals surface area contributed by atoms with E-state index in [1.54, 1.807) is 0 Å². The second-order valence-corrected chi connectivity index (χ2v) is 5.03. The van der Waals surface area contributed by atoms with Crippen LogP contribution in [-0.4, -0.2) is 36.8 Å². The molecule has 1 heterocycles. The molecule has 4 N–H and O–H groups in total. The zero-order valence-electron chi connectivity index (χ0n) is 9.61. The molecule has 1 aliphatic carbocycles. The van der Waals surface area contributed by atoms with Gasteiger partial charge >= 0.3 is 0 Å². The monoisotopic (exact) mass is 227 g/mol. The number of hydrogen-bond acceptors (Lipinski definition) is 4. The van der Waals surface area contributed by atoms with Gasteiger partial charge in [0.05, 0.1) is 6.10 Å². The Morgan fingerprint density at radius 2 is 2.38 bits per heavy atom. The molecule has 0 aromatic heterocycles. The van der Waals surface area contributed by atoms with Crippen molar-refractivity contribution in [1.29, 1.82) is 0 Å². The maximum atomic E-state index is 8.55. The lowest BCUT2D eigenvalue weighted by Gasteiger charge is -2.17. The highest BCUT2D eigenvalue weighted by atomic mass is 16.5. The minimum Gasteiger partial charge on any atom is -0.409 e. The molecule has 0 amide bonds. The Labute approximate surface area is 96.0 Å². The summed E-state index contributed by atoms with van der Waals surface area (Å²) in [7, 11) is 0. The molecule has 1 atom stereocenters. The van der Waals surface area contributed by atoms with E-state index in [1.165, 1.54) is 25.7 Å². The van der Waals surface area contributed by atoms with Crippen LogP contribution in [0.25, 0.3) is 0 Å². The topological polar surface area (TPSA) is 79.9 Å². The Morgan fingerprint density at radius 3 is 2.94 bits per heavy atom. The number of nitrogens with one attached hydrogen (secondary N) is 1. The van der Waals surface area contributed by atoms with Crippen molar-refractivity contribution in [1.82, 2.24) is 5.32 Å². The van der Waals surface area contributed by atoms with E-state index in [2.05, 4.69) is 10.5 Å². The molecule has 0 aromatic carbocycles. The summed E-state index contributed by atoms with van der Waals surface area (Å²) in [4.78, 5) is 0. The summed E-state index contributed by atoms with van der Waals surface area (Å²) < 4.78 is 5.54. The van der Waals surface area contributed by atoms with Gasteiger partial charge in [0.15, 0.2) is 0 Å². The van der Waals surface area contributed by atoms with E-state index in [0.717, 1.165) is 19.7 Å². The van der Waals surface area contributed by atoms with Crippen LogP contribution < -0.4 is 11.1 Å². The Hall–Kier alpha value is -0.810. The standard InChI is InChI=1S/C11H21N3O2/c12-10(14-15)6-11(3-4-11)8-13-7-9-2-1-5-16-9/h9,13,15H,1-8H2,(H2,12,14). The van der Waals surface area contributed by atoms with Crippen LogP contribution in [0.4, 0.5) is 0 Å². The van der Waals surface area contributed by atoms with Crippen molar-refractivity contribution in [2.75, 3.05) is 19.7 Å². The first-order valence-corrected chi connectivity index (χ1v) is 6.03. The predicted molar refractivity (Wildman–Crippen MR) is 61.5 cm³/mol. The van der Waals surface area contributed by atoms with Gasteiger partial charge in [0.25, 0.3) is 0 Å². The highest BCUT2D eigenvalue weighted by molar-refractivity contribution is 5.80. The second kappa shape index (κ2) is 5.01. The van der Waals surface area contributed by atoms with Crippen LogP contribution in [0.1, 0.15) is 32.1 Å². The first kappa shape index (κ1) is 11.7. The minimum absolute atomic E-state index is 0.245. The van der Waals surface area contributed by atoms with E-state index in [4.69, 9.17) is 15.7 Å². The fourth-order valence-electron chi connectivity index (χ4n) is 2.32. The summed E-state index contributed by atoms with van der Waals surface area (Å²) in [6.45, 7) is 2.78. The van der Waals surface area contributed by atoms with Crippen molar-refractivity contribution in [3.8, 4) is 0 Å². The van der Waals surface area contributed by atoms with E-state index < -0.39 is 0 Å². The third-order valence-electron chi connectivity index (χ3n) is 3.54. The smallest absolute Gasteiger partial charge is 0.139 e. The lowest BCUT2D eigenvalue weighted by Crippen LogP contribution is -2.33. The van der Waals surface area contributed by atoms with Gasteiger partial charge in [-0.2, -0.15) is 0 Å². The number of nitrogens with zero attached hydrogens (tertiary/aromatic N) is 1. The van der Waals surface area contributed by atoms with Gasteiger partial charge in [-0.3, -0.25) is 0 Å². The highest BCUT2D eigenvalue weighted by Crippen LogP contribution is 2.48. The summed E-state index contributed by atoms with van der Waals surface area (Å²) >= 11 is 0. The first-order chi connectivity index (χ1) is 7.74. The molecule has 2 rings (SSSR count). The van der Waals surface area contributed by atoms with Gasteiger partial charge in [-0.05, 0) is 31.1 Å². The molecule has 0 bridgehead atoms. The fraction of sp³-hybridized carbons (Fsp3) is 0.909. The molecule has 0 radical (unpaired) electrons. The molecular formula is C11H21N3O2. The van der Waals surface area contributed by atoms with Crippen molar-refractivity contribution in [2.24, 2.45) is 16.3 Å². The molecule has 1 saturated carbocycles. The van der Waals surface area contributed by atoms with Crippen molar-refractivity contribution >= 4 is 5.84 Å². The number of nitrogens with two attached hydrogens (primary N) is 1. The van der Waals surface area contributed by atoms with Crippen LogP contribution in [0.5, 0.6) is 0 Å². The fourth-order valence-corrected chi connectivity index (χ4v) is 2.32. The average Bonchev–Trinajstić information content (AvgIpc) is 2.83. The molecule has 0 aromatic rings. The van der Waals surface area contributed by atoms with Gasteiger partial charge in [-0.15, -0.1) is 0 Å². The summed E-state index contributed by atoms with van der Waals surface area (Å²) in [5.74, 6) is 0.344. The van der Waals surface area contributed by atoms with Crippen molar-refractivity contribution in [3.05, 3.63) is 0 Å². The molecule has 92 valence electrons. The van der Waals surface area contributed by atoms with Gasteiger partial charge in [0.1, 0.15) is 5.84 Å². The largest absolute Gasteiger partial charge is 0.409 e. The van der Waals surface area contributed by atoms with Gasteiger partial charge < -0.3 is 21.0 Å². The number of oxime groups is 1. The van der Waals surface area contributed by atoms with Crippen molar-refractivity contribution in [3.63, 3.8) is 0 Å². The van der Waals surface area contributed by atoms with Crippen molar-refractivity contribution in [2.45, 2.75) is 38.2 Å². The molecule has 1 aliphatic heterocycles. The third-order valence-corrected chi connectivity index (χ3v) is 3.54. The zero-order valence-corrected chi connectivity index (χ0v) is 9.61. The van der Waals surface area contributed by atoms with Gasteiger partial charge in [-0.25, -0.2) is 0 Å². The molecule has 1 saturated heterocycles. The maximum Gasteiger partial charge on any atom is 0.139 e. The third kappa shape index (κ3) is 3.09. The normalized spacial score (nSPS) is 28.2. The van der Waals surface area contributed by atoms with Crippen LogP contribution in [0.3, 0.4) is 0 Å². The van der Waals surface area contributed by atoms with E-state index in [0.29, 0.717) is 18.4 Å². The molecule has 2 aliphatic rings. The van der Waals surface area contributed by atoms with E-state index in [9.17, 15) is 0 Å². The first-order valence-electron chi connectivity index (χ1n) is 6.03. The highest BCUT2D eigenvalue weighted by Gasteiger charge is 2.42. The molecule has 1 unspecified atom stereocenters. The number of ether oxygens (including phenoxy) is 1. The summed E-state index contributed by atoms with van der Waals surface area (Å²) in [5.41, 5.74) is 5.79. The Morgan fingerprint density at radius 1 is 1.56 bits per heavy atom. The summed E-state index contributed by atoms with van der Waals surface area (Å²) in [6, 6.07) is 0. The summed E-state index contributed by atoms with van der Waals surface area (Å²) in [5, 5.41) is 15.0. The Balaban J connectivity index is 1.65. The van der Waals surface area contributed by atoms with Crippen LogP contribution in [-0.2, 0) is 4.74 Å². The number of hydrogen-bond donors (Lipinski definition) is 3. The van der Waals surface area contributed by atoms with E-state index in [-0.39, 0.29) is 5.41 Å². The lowest BCUT2D eigenvalue weighted by molar-refractivity contribution is 0.109. The second-order valence-electron chi connectivity index (χ2n) is 5.03. The molecule has 5 nitrogen and oxygen atoms in total. The van der Waals surface area contributed by atoms with Crippen LogP contribution in [0.15, 0.2) is 5.16 Å².